The highest BCUT2D eigenvalue weighted by atomic mass is 32.3. The number of esters is 1. The van der Waals surface area contributed by atoms with Gasteiger partial charge < -0.3 is 34.3 Å². The molecule has 0 aliphatic carbocycles. The molecule has 0 bridgehead atoms. The van der Waals surface area contributed by atoms with Crippen LogP contribution in [0.5, 0.6) is 0 Å². The van der Waals surface area contributed by atoms with E-state index in [0.29, 0.717) is 13.0 Å². The number of carbonyl (C=O) groups excluding carboxylic acids is 1. The van der Waals surface area contributed by atoms with Crippen molar-refractivity contribution in [3.05, 3.63) is 0 Å². The number of rotatable bonds is 37. The summed E-state index contributed by atoms with van der Waals surface area (Å²) in [5.41, 5.74) is 0. The van der Waals surface area contributed by atoms with Gasteiger partial charge >= 0.3 is 16.4 Å². The Kier molecular flexibility index (Phi) is 31.5. The number of unbranched alkanes of at least 4 members (excludes halogenated alkanes) is 24. The maximum atomic E-state index is 12.7. The van der Waals surface area contributed by atoms with Crippen molar-refractivity contribution in [1.82, 2.24) is 0 Å². The third-order valence-corrected chi connectivity index (χ3v) is 10.4. The first-order valence-corrected chi connectivity index (χ1v) is 22.7. The second kappa shape index (κ2) is 33.3. The van der Waals surface area contributed by atoms with Gasteiger partial charge in [-0.1, -0.05) is 168 Å². The number of aliphatic hydroxyl groups excluding tert-OH is 3. The van der Waals surface area contributed by atoms with Crippen LogP contribution in [0.4, 0.5) is 0 Å². The van der Waals surface area contributed by atoms with Crippen molar-refractivity contribution in [3.63, 3.8) is 0 Å². The smallest absolute Gasteiger partial charge is 0.397 e. The molecular weight excluding hydrogens is 704 g/mol. The van der Waals surface area contributed by atoms with Gasteiger partial charge in [-0.25, -0.2) is 4.18 Å². The van der Waals surface area contributed by atoms with Crippen LogP contribution >= 0.6 is 0 Å². The molecule has 1 aliphatic heterocycles. The third-order valence-electron chi connectivity index (χ3n) is 9.98. The van der Waals surface area contributed by atoms with Crippen molar-refractivity contribution in [2.75, 3.05) is 26.4 Å². The Morgan fingerprint density at radius 1 is 0.642 bits per heavy atom. The van der Waals surface area contributed by atoms with Crippen LogP contribution < -0.4 is 0 Å². The molecule has 0 saturated carbocycles. The van der Waals surface area contributed by atoms with Crippen molar-refractivity contribution >= 4 is 16.4 Å². The van der Waals surface area contributed by atoms with E-state index in [4.69, 9.17) is 23.5 Å². The third kappa shape index (κ3) is 27.4. The Labute approximate surface area is 322 Å². The van der Waals surface area contributed by atoms with Crippen molar-refractivity contribution in [3.8, 4) is 0 Å². The van der Waals surface area contributed by atoms with Gasteiger partial charge in [0.1, 0.15) is 30.5 Å². The molecule has 53 heavy (non-hydrogen) atoms. The molecule has 0 aromatic rings. The molecule has 0 amide bonds. The minimum absolute atomic E-state index is 0.0438. The summed E-state index contributed by atoms with van der Waals surface area (Å²) >= 11 is 0. The highest BCUT2D eigenvalue weighted by Crippen LogP contribution is 2.26. The van der Waals surface area contributed by atoms with Crippen LogP contribution in [0.25, 0.3) is 0 Å². The summed E-state index contributed by atoms with van der Waals surface area (Å²) in [7, 11) is -5.05. The fourth-order valence-electron chi connectivity index (χ4n) is 6.73. The van der Waals surface area contributed by atoms with Crippen LogP contribution in [0, 0.1) is 0 Å². The van der Waals surface area contributed by atoms with Crippen molar-refractivity contribution < 1.29 is 56.2 Å². The molecule has 1 saturated heterocycles. The monoisotopic (exact) mass is 783 g/mol. The zero-order valence-corrected chi connectivity index (χ0v) is 34.2. The van der Waals surface area contributed by atoms with Crippen molar-refractivity contribution in [1.29, 1.82) is 0 Å². The van der Waals surface area contributed by atoms with E-state index in [1.165, 1.54) is 122 Å². The van der Waals surface area contributed by atoms with Crippen LogP contribution in [0.2, 0.25) is 0 Å². The second-order valence-electron chi connectivity index (χ2n) is 15.0. The van der Waals surface area contributed by atoms with E-state index in [1.807, 2.05) is 0 Å². The maximum Gasteiger partial charge on any atom is 0.397 e. The topological polar surface area (TPSA) is 178 Å². The quantitative estimate of drug-likeness (QED) is 0.0271. The average Bonchev–Trinajstić information content (AvgIpc) is 3.12. The Morgan fingerprint density at radius 2 is 1.08 bits per heavy atom. The molecule has 0 spiro atoms. The van der Waals surface area contributed by atoms with Gasteiger partial charge in [-0.05, 0) is 12.8 Å². The predicted molar refractivity (Wildman–Crippen MR) is 207 cm³/mol. The first kappa shape index (κ1) is 50.1. The molecule has 1 heterocycles. The van der Waals surface area contributed by atoms with E-state index >= 15 is 0 Å². The number of hydrogen-bond donors (Lipinski definition) is 4. The van der Waals surface area contributed by atoms with E-state index in [9.17, 15) is 28.5 Å². The molecule has 13 heteroatoms. The second-order valence-corrected chi connectivity index (χ2v) is 16.0. The van der Waals surface area contributed by atoms with Crippen molar-refractivity contribution in [2.45, 2.75) is 224 Å². The highest BCUT2D eigenvalue weighted by Gasteiger charge is 2.48. The Balaban J connectivity index is 2.40. The van der Waals surface area contributed by atoms with Gasteiger partial charge in [-0.15, -0.1) is 0 Å². The van der Waals surface area contributed by atoms with E-state index < -0.39 is 59.8 Å². The van der Waals surface area contributed by atoms with Crippen LogP contribution in [0.3, 0.4) is 0 Å². The van der Waals surface area contributed by atoms with Crippen LogP contribution in [-0.2, 0) is 38.3 Å². The molecule has 316 valence electrons. The zero-order chi connectivity index (χ0) is 39.0. The summed E-state index contributed by atoms with van der Waals surface area (Å²) in [6.07, 6.45) is 22.9. The van der Waals surface area contributed by atoms with E-state index in [0.717, 1.165) is 38.5 Å². The summed E-state index contributed by atoms with van der Waals surface area (Å²) in [5, 5.41) is 30.5. The lowest BCUT2D eigenvalue weighted by atomic mass is 9.99. The molecule has 6 unspecified atom stereocenters. The fraction of sp³-hybridized carbons (Fsp3) is 0.975. The molecule has 1 aliphatic rings. The average molecular weight is 783 g/mol. The first-order valence-electron chi connectivity index (χ1n) is 21.3. The lowest BCUT2D eigenvalue weighted by Crippen LogP contribution is -2.60. The maximum absolute atomic E-state index is 12.7. The van der Waals surface area contributed by atoms with Crippen LogP contribution in [0.15, 0.2) is 0 Å². The summed E-state index contributed by atoms with van der Waals surface area (Å²) < 4.78 is 58.8. The normalized spacial score (nSPS) is 21.2. The van der Waals surface area contributed by atoms with Gasteiger partial charge in [-0.2, -0.15) is 8.42 Å². The number of carbonyl (C=O) groups is 1. The van der Waals surface area contributed by atoms with Crippen LogP contribution in [-0.4, -0.2) is 97.5 Å². The molecule has 1 rings (SSSR count). The highest BCUT2D eigenvalue weighted by molar-refractivity contribution is 7.80. The van der Waals surface area contributed by atoms with Gasteiger partial charge in [-0.3, -0.25) is 9.35 Å². The van der Waals surface area contributed by atoms with Gasteiger partial charge in [0.05, 0.1) is 19.8 Å². The SMILES string of the molecule is CCCCCCCCCCCCCCCCCCCOCC(COC1OC(CO)C(O)C(OS(=O)(=O)O)C1O)OC(=O)CCCCCCCCCCC. The van der Waals surface area contributed by atoms with Crippen molar-refractivity contribution in [2.24, 2.45) is 0 Å². The van der Waals surface area contributed by atoms with Crippen LogP contribution in [0.1, 0.15) is 187 Å². The zero-order valence-electron chi connectivity index (χ0n) is 33.3. The fourth-order valence-corrected chi connectivity index (χ4v) is 7.24. The van der Waals surface area contributed by atoms with Gasteiger partial charge in [0.25, 0.3) is 0 Å². The first-order chi connectivity index (χ1) is 25.6. The summed E-state index contributed by atoms with van der Waals surface area (Å²) in [4.78, 5) is 12.7. The molecule has 1 fully saturated rings. The van der Waals surface area contributed by atoms with E-state index in [1.54, 1.807) is 0 Å². The summed E-state index contributed by atoms with van der Waals surface area (Å²) in [6.45, 7) is 3.99. The molecule has 0 radical (unpaired) electrons. The molecule has 12 nitrogen and oxygen atoms in total. The molecule has 0 aromatic carbocycles. The van der Waals surface area contributed by atoms with E-state index in [2.05, 4.69) is 18.0 Å². The van der Waals surface area contributed by atoms with E-state index in [-0.39, 0.29) is 19.6 Å². The minimum Gasteiger partial charge on any atom is -0.457 e. The minimum atomic E-state index is -5.05. The Morgan fingerprint density at radius 3 is 1.51 bits per heavy atom. The molecule has 6 atom stereocenters. The van der Waals surface area contributed by atoms with Gasteiger partial charge in [0.2, 0.25) is 0 Å². The summed E-state index contributed by atoms with van der Waals surface area (Å²) in [6, 6.07) is 0. The number of ether oxygens (including phenoxy) is 4. The lowest BCUT2D eigenvalue weighted by molar-refractivity contribution is -0.301. The van der Waals surface area contributed by atoms with Gasteiger partial charge in [0.15, 0.2) is 6.29 Å². The standard InChI is InChI=1S/C40H78O12S/c1-3-5-7-9-11-13-14-15-16-17-18-19-20-22-24-26-28-30-48-32-34(50-36(42)29-27-25-23-21-12-10-8-6-4-2)33-49-40-38(44)39(52-53(45,46)47)37(43)35(31-41)51-40/h34-35,37-41,43-44H,3-33H2,1-2H3,(H,45,46,47). The Hall–Kier alpha value is -0.900. The predicted octanol–water partition coefficient (Wildman–Crippen LogP) is 8.13. The number of aliphatic hydroxyl groups is 3. The summed E-state index contributed by atoms with van der Waals surface area (Å²) in [5.74, 6) is -0.399. The molecule has 4 N–H and O–H groups in total. The Bertz CT molecular complexity index is 952. The lowest BCUT2D eigenvalue weighted by Gasteiger charge is -2.41. The molecule has 0 aromatic heterocycles. The number of hydrogen-bond acceptors (Lipinski definition) is 11. The largest absolute Gasteiger partial charge is 0.457 e. The molecular formula is C40H78O12S. The van der Waals surface area contributed by atoms with Gasteiger partial charge in [0, 0.05) is 13.0 Å².